The van der Waals surface area contributed by atoms with E-state index in [1.54, 1.807) is 5.41 Å². The summed E-state index contributed by atoms with van der Waals surface area (Å²) in [5, 5.41) is 1.55. The average molecular weight is 193 g/mol. The molecule has 60 valence electrons. The molecule has 1 aliphatic heterocycles. The Hall–Kier alpha value is -0.480. The third-order valence-corrected chi connectivity index (χ3v) is 2.70. The molecule has 0 saturated heterocycles. The largest absolute Gasteiger partial charge is 0.348 e. The molecular weight excluding hydrogens is 188 g/mol. The number of rotatable bonds is 1. The van der Waals surface area contributed by atoms with Crippen LogP contribution in [0.15, 0.2) is 11.5 Å². The fourth-order valence-electron chi connectivity index (χ4n) is 0.671. The zero-order valence-corrected chi connectivity index (χ0v) is 7.24. The van der Waals surface area contributed by atoms with Gasteiger partial charge in [-0.2, -0.15) is 0 Å². The summed E-state index contributed by atoms with van der Waals surface area (Å²) in [7, 11) is 0. The molecule has 0 amide bonds. The van der Waals surface area contributed by atoms with Crippen LogP contribution < -0.4 is 0 Å². The average Bonchev–Trinajstić information content (AvgIpc) is 2.32. The van der Waals surface area contributed by atoms with Gasteiger partial charge in [-0.1, -0.05) is 0 Å². The standard InChI is InChI=1S/C6H5ClO3S/c1-6(5(9)10-7)4(8)2-3-11-6/h2-3H,1H3. The topological polar surface area (TPSA) is 43.4 Å². The molecule has 5 heteroatoms. The number of halogens is 1. The zero-order valence-electron chi connectivity index (χ0n) is 5.67. The van der Waals surface area contributed by atoms with Gasteiger partial charge in [0, 0.05) is 0 Å². The monoisotopic (exact) mass is 192 g/mol. The van der Waals surface area contributed by atoms with Gasteiger partial charge in [-0.3, -0.25) is 4.79 Å². The highest BCUT2D eigenvalue weighted by Crippen LogP contribution is 2.34. The molecular formula is C6H5ClO3S. The molecule has 1 unspecified atom stereocenters. The Kier molecular flexibility index (Phi) is 2.25. The number of allylic oxidation sites excluding steroid dienone is 1. The van der Waals surface area contributed by atoms with Gasteiger partial charge in [0.15, 0.2) is 10.5 Å². The summed E-state index contributed by atoms with van der Waals surface area (Å²) in [5.74, 6) is -1.01. The van der Waals surface area contributed by atoms with Crippen LogP contribution in [0.25, 0.3) is 0 Å². The van der Waals surface area contributed by atoms with Crippen LogP contribution in [0.5, 0.6) is 0 Å². The molecule has 3 nitrogen and oxygen atoms in total. The molecule has 0 aromatic rings. The molecule has 0 fully saturated rings. The Morgan fingerprint density at radius 1 is 1.82 bits per heavy atom. The third kappa shape index (κ3) is 1.28. The van der Waals surface area contributed by atoms with Crippen LogP contribution in [0.2, 0.25) is 0 Å². The Bertz CT molecular complexity index is 238. The van der Waals surface area contributed by atoms with Gasteiger partial charge >= 0.3 is 5.97 Å². The number of ketones is 1. The van der Waals surface area contributed by atoms with Gasteiger partial charge in [0.2, 0.25) is 0 Å². The first-order valence-corrected chi connectivity index (χ1v) is 4.02. The predicted octanol–water partition coefficient (Wildman–Crippen LogP) is 1.27. The summed E-state index contributed by atoms with van der Waals surface area (Å²) >= 11 is 5.94. The van der Waals surface area contributed by atoms with E-state index in [-0.39, 0.29) is 5.78 Å². The maximum absolute atomic E-state index is 11.0. The normalized spacial score (nSPS) is 29.1. The second kappa shape index (κ2) is 2.87. The van der Waals surface area contributed by atoms with Crippen LogP contribution in [0, 0.1) is 0 Å². The van der Waals surface area contributed by atoms with Gasteiger partial charge in [-0.25, -0.2) is 4.79 Å². The number of hydrogen-bond acceptors (Lipinski definition) is 4. The van der Waals surface area contributed by atoms with Crippen molar-refractivity contribution in [3.05, 3.63) is 11.5 Å². The molecule has 1 aliphatic rings. The van der Waals surface area contributed by atoms with Crippen molar-refractivity contribution in [2.45, 2.75) is 11.7 Å². The van der Waals surface area contributed by atoms with Gasteiger partial charge < -0.3 is 4.29 Å². The highest BCUT2D eigenvalue weighted by atomic mass is 35.5. The molecule has 11 heavy (non-hydrogen) atoms. The minimum Gasteiger partial charge on any atom is -0.346 e. The van der Waals surface area contributed by atoms with Crippen molar-refractivity contribution in [2.75, 3.05) is 0 Å². The summed E-state index contributed by atoms with van der Waals surface area (Å²) in [5.41, 5.74) is 0. The van der Waals surface area contributed by atoms with Crippen LogP contribution in [0.1, 0.15) is 6.92 Å². The molecule has 1 atom stereocenters. The van der Waals surface area contributed by atoms with Crippen molar-refractivity contribution in [1.82, 2.24) is 0 Å². The molecule has 0 aromatic heterocycles. The Morgan fingerprint density at radius 2 is 2.45 bits per heavy atom. The molecule has 0 N–H and O–H groups in total. The first-order chi connectivity index (χ1) is 5.11. The van der Waals surface area contributed by atoms with Gasteiger partial charge in [-0.05, 0) is 18.4 Å². The lowest BCUT2D eigenvalue weighted by atomic mass is 10.1. The van der Waals surface area contributed by atoms with Crippen LogP contribution in [0.4, 0.5) is 0 Å². The predicted molar refractivity (Wildman–Crippen MR) is 42.1 cm³/mol. The third-order valence-electron chi connectivity index (χ3n) is 1.45. The minimum atomic E-state index is -1.16. The fraction of sp³-hybridized carbons (Fsp3) is 0.333. The van der Waals surface area contributed by atoms with Gasteiger partial charge in [0.1, 0.15) is 11.9 Å². The van der Waals surface area contributed by atoms with E-state index in [0.717, 1.165) is 11.8 Å². The van der Waals surface area contributed by atoms with Crippen molar-refractivity contribution in [2.24, 2.45) is 0 Å². The lowest BCUT2D eigenvalue weighted by Crippen LogP contribution is -2.36. The van der Waals surface area contributed by atoms with E-state index in [9.17, 15) is 9.59 Å². The van der Waals surface area contributed by atoms with Crippen molar-refractivity contribution in [1.29, 1.82) is 0 Å². The molecule has 1 rings (SSSR count). The van der Waals surface area contributed by atoms with E-state index >= 15 is 0 Å². The van der Waals surface area contributed by atoms with Crippen molar-refractivity contribution in [3.8, 4) is 0 Å². The highest BCUT2D eigenvalue weighted by Gasteiger charge is 2.44. The lowest BCUT2D eigenvalue weighted by molar-refractivity contribution is -0.139. The number of thioether (sulfide) groups is 1. The van der Waals surface area contributed by atoms with Crippen LogP contribution >= 0.6 is 23.6 Å². The summed E-state index contributed by atoms with van der Waals surface area (Å²) in [4.78, 5) is 21.9. The smallest absolute Gasteiger partial charge is 0.346 e. The highest BCUT2D eigenvalue weighted by molar-refractivity contribution is 8.05. The van der Waals surface area contributed by atoms with E-state index in [1.165, 1.54) is 13.0 Å². The van der Waals surface area contributed by atoms with Gasteiger partial charge in [0.25, 0.3) is 0 Å². The van der Waals surface area contributed by atoms with E-state index in [4.69, 9.17) is 11.9 Å². The van der Waals surface area contributed by atoms with Gasteiger partial charge in [-0.15, -0.1) is 11.8 Å². The fourth-order valence-corrected chi connectivity index (χ4v) is 1.66. The SMILES string of the molecule is CC1(C(=O)OCl)SC=CC1=O. The van der Waals surface area contributed by atoms with Crippen LogP contribution in [0.3, 0.4) is 0 Å². The number of carbonyl (C=O) groups excluding carboxylic acids is 2. The summed E-state index contributed by atoms with van der Waals surface area (Å²) in [6, 6.07) is 0. The number of hydrogen-bond donors (Lipinski definition) is 0. The zero-order chi connectivity index (χ0) is 8.48. The molecule has 0 spiro atoms. The maximum Gasteiger partial charge on any atom is 0.348 e. The van der Waals surface area contributed by atoms with E-state index in [0.29, 0.717) is 0 Å². The van der Waals surface area contributed by atoms with E-state index < -0.39 is 10.7 Å². The summed E-state index contributed by atoms with van der Waals surface area (Å²) in [6.45, 7) is 1.48. The summed E-state index contributed by atoms with van der Waals surface area (Å²) < 4.78 is 2.79. The van der Waals surface area contributed by atoms with Crippen molar-refractivity contribution < 1.29 is 13.9 Å². The molecule has 0 saturated carbocycles. The van der Waals surface area contributed by atoms with Crippen LogP contribution in [-0.2, 0) is 13.9 Å². The second-order valence-corrected chi connectivity index (χ2v) is 3.66. The summed E-state index contributed by atoms with van der Waals surface area (Å²) in [6.07, 6.45) is 1.33. The second-order valence-electron chi connectivity index (χ2n) is 2.18. The quantitative estimate of drug-likeness (QED) is 0.587. The lowest BCUT2D eigenvalue weighted by Gasteiger charge is -2.14. The first-order valence-electron chi connectivity index (χ1n) is 2.83. The van der Waals surface area contributed by atoms with Crippen molar-refractivity contribution >= 4 is 35.4 Å². The maximum atomic E-state index is 11.0. The van der Waals surface area contributed by atoms with Crippen LogP contribution in [-0.4, -0.2) is 16.5 Å². The Labute approximate surface area is 72.9 Å². The van der Waals surface area contributed by atoms with Crippen molar-refractivity contribution in [3.63, 3.8) is 0 Å². The molecule has 0 radical (unpaired) electrons. The molecule has 0 bridgehead atoms. The van der Waals surface area contributed by atoms with E-state index in [2.05, 4.69) is 4.29 Å². The number of carbonyl (C=O) groups is 2. The molecule has 0 aromatic carbocycles. The van der Waals surface area contributed by atoms with E-state index in [1.807, 2.05) is 0 Å². The first kappa shape index (κ1) is 8.62. The molecule has 1 heterocycles. The minimum absolute atomic E-state index is 0.284. The Morgan fingerprint density at radius 3 is 2.82 bits per heavy atom. The molecule has 0 aliphatic carbocycles. The Balaban J connectivity index is 2.84. The van der Waals surface area contributed by atoms with Gasteiger partial charge in [0.05, 0.1) is 0 Å².